The summed E-state index contributed by atoms with van der Waals surface area (Å²) in [7, 11) is 0. The smallest absolute Gasteiger partial charge is 0.303 e. The molecule has 0 aliphatic rings. The molecule has 0 aromatic carbocycles. The van der Waals surface area contributed by atoms with E-state index >= 15 is 0 Å². The van der Waals surface area contributed by atoms with Crippen molar-refractivity contribution in [2.24, 2.45) is 0 Å². The van der Waals surface area contributed by atoms with Gasteiger partial charge in [-0.25, -0.2) is 0 Å². The van der Waals surface area contributed by atoms with E-state index in [1.54, 1.807) is 0 Å². The third-order valence-corrected chi connectivity index (χ3v) is 3.59. The van der Waals surface area contributed by atoms with Gasteiger partial charge >= 0.3 is 5.97 Å². The molecular weight excluding hydrogens is 281 g/mol. The Hall–Kier alpha value is 0.910. The van der Waals surface area contributed by atoms with E-state index in [0.29, 0.717) is 0 Å². The van der Waals surface area contributed by atoms with Crippen molar-refractivity contribution in [3.05, 3.63) is 0 Å². The molecule has 0 fully saturated rings. The van der Waals surface area contributed by atoms with Crippen molar-refractivity contribution >= 4 is 59.1 Å². The van der Waals surface area contributed by atoms with Crippen molar-refractivity contribution in [1.82, 2.24) is 0 Å². The fraction of sp³-hybridized carbons (Fsp3) is 0.750. The van der Waals surface area contributed by atoms with E-state index in [0.717, 1.165) is 6.92 Å². The lowest BCUT2D eigenvalue weighted by atomic mass is 10.7. The van der Waals surface area contributed by atoms with Crippen LogP contribution in [0.2, 0.25) is 0 Å². The number of rotatable bonds is 2. The molecular formula is C4H6Cl3O4PS. The molecule has 13 heavy (non-hydrogen) atoms. The van der Waals surface area contributed by atoms with Crippen LogP contribution in [0.15, 0.2) is 0 Å². The number of hydrogen-bond donors (Lipinski definition) is 2. The highest BCUT2D eigenvalue weighted by atomic mass is 35.6. The van der Waals surface area contributed by atoms with Crippen molar-refractivity contribution in [2.45, 2.75) is 16.6 Å². The van der Waals surface area contributed by atoms with Gasteiger partial charge in [0.25, 0.3) is 0 Å². The molecule has 4 nitrogen and oxygen atoms in total. The van der Waals surface area contributed by atoms with Gasteiger partial charge in [0.1, 0.15) is 0 Å². The summed E-state index contributed by atoms with van der Waals surface area (Å²) in [5, 5.41) is 0. The second-order valence-electron chi connectivity index (χ2n) is 2.09. The summed E-state index contributed by atoms with van der Waals surface area (Å²) in [6.07, 6.45) is 0. The Balaban J connectivity index is 4.79. The van der Waals surface area contributed by atoms with Crippen LogP contribution in [0, 0.1) is 0 Å². The highest BCUT2D eigenvalue weighted by Crippen LogP contribution is 2.53. The molecule has 0 heterocycles. The van der Waals surface area contributed by atoms with Crippen LogP contribution in [0.4, 0.5) is 0 Å². The van der Waals surface area contributed by atoms with Crippen molar-refractivity contribution in [1.29, 1.82) is 0 Å². The maximum atomic E-state index is 10.5. The molecule has 0 saturated heterocycles. The Bertz CT molecular complexity index is 246. The Morgan fingerprint density at radius 1 is 1.54 bits per heavy atom. The quantitative estimate of drug-likeness (QED) is 0.458. The first kappa shape index (κ1) is 13.9. The minimum Gasteiger partial charge on any atom is -0.448 e. The third-order valence-electron chi connectivity index (χ3n) is 0.863. The maximum absolute atomic E-state index is 10.5. The summed E-state index contributed by atoms with van der Waals surface area (Å²) in [4.78, 5) is 28.5. The lowest BCUT2D eigenvalue weighted by molar-refractivity contribution is -0.143. The van der Waals surface area contributed by atoms with E-state index < -0.39 is 22.1 Å². The number of carbonyl (C=O) groups excluding carboxylic acids is 1. The fourth-order valence-electron chi connectivity index (χ4n) is 0.483. The van der Waals surface area contributed by atoms with Crippen LogP contribution < -0.4 is 0 Å². The Morgan fingerprint density at radius 3 is 2.00 bits per heavy atom. The summed E-state index contributed by atoms with van der Waals surface area (Å²) >= 11 is 20.2. The van der Waals surface area contributed by atoms with Crippen LogP contribution >= 0.6 is 41.3 Å². The maximum Gasteiger partial charge on any atom is 0.303 e. The summed E-state index contributed by atoms with van der Waals surface area (Å²) in [5.74, 6) is -2.52. The second kappa shape index (κ2) is 4.62. The molecule has 0 aliphatic carbocycles. The lowest BCUT2D eigenvalue weighted by Crippen LogP contribution is -2.30. The summed E-state index contributed by atoms with van der Waals surface area (Å²) in [6, 6.07) is 0. The van der Waals surface area contributed by atoms with Crippen LogP contribution in [-0.4, -0.2) is 25.4 Å². The van der Waals surface area contributed by atoms with Gasteiger partial charge in [-0.3, -0.25) is 4.79 Å². The fourth-order valence-corrected chi connectivity index (χ4v) is 3.63. The zero-order chi connectivity index (χ0) is 10.9. The van der Waals surface area contributed by atoms with Crippen LogP contribution in [-0.2, 0) is 21.3 Å². The van der Waals surface area contributed by atoms with Gasteiger partial charge in [-0.05, 0) is 11.8 Å². The predicted octanol–water partition coefficient (Wildman–Crippen LogP) is 1.54. The number of carbonyl (C=O) groups is 1. The van der Waals surface area contributed by atoms with Gasteiger partial charge in [-0.15, -0.1) is 0 Å². The molecule has 9 heteroatoms. The number of alkyl halides is 3. The average Bonchev–Trinajstić information content (AvgIpc) is 1.77. The Morgan fingerprint density at radius 2 is 1.92 bits per heavy atom. The van der Waals surface area contributed by atoms with E-state index in [1.807, 2.05) is 0 Å². The summed E-state index contributed by atoms with van der Waals surface area (Å²) in [6.45, 7) is -2.92. The van der Waals surface area contributed by atoms with Crippen molar-refractivity contribution < 1.29 is 19.3 Å². The summed E-state index contributed by atoms with van der Waals surface area (Å²) in [5.41, 5.74) is 0. The first-order valence-corrected chi connectivity index (χ1v) is 6.75. The lowest BCUT2D eigenvalue weighted by Gasteiger charge is -2.26. The van der Waals surface area contributed by atoms with Crippen molar-refractivity contribution in [3.8, 4) is 0 Å². The molecule has 0 aliphatic heterocycles. The zero-order valence-corrected chi connectivity index (χ0v) is 10.3. The monoisotopic (exact) mass is 286 g/mol. The molecule has 0 bridgehead atoms. The third kappa shape index (κ3) is 5.37. The minimum absolute atomic E-state index is 0.811. The molecule has 0 aromatic rings. The molecule has 0 aromatic heterocycles. The largest absolute Gasteiger partial charge is 0.448 e. The van der Waals surface area contributed by atoms with Crippen molar-refractivity contribution in [2.75, 3.05) is 0 Å². The van der Waals surface area contributed by atoms with Crippen LogP contribution in [0.25, 0.3) is 0 Å². The average molecular weight is 287 g/mol. The zero-order valence-electron chi connectivity index (χ0n) is 6.28. The molecule has 0 radical (unpaired) electrons. The number of esters is 1. The van der Waals surface area contributed by atoms with E-state index in [9.17, 15) is 4.79 Å². The molecule has 0 saturated carbocycles. The van der Waals surface area contributed by atoms with Crippen LogP contribution in [0.3, 0.4) is 0 Å². The normalized spacial score (nSPS) is 15.2. The van der Waals surface area contributed by atoms with Gasteiger partial charge in [0.2, 0.25) is 16.1 Å². The molecule has 0 unspecified atom stereocenters. The Kier molecular flexibility index (Phi) is 4.94. The Labute approximate surface area is 94.9 Å². The van der Waals surface area contributed by atoms with E-state index in [1.165, 1.54) is 0 Å². The van der Waals surface area contributed by atoms with E-state index in [-0.39, 0.29) is 0 Å². The van der Waals surface area contributed by atoms with Gasteiger partial charge in [0.15, 0.2) is 0 Å². The molecule has 0 rings (SSSR count). The number of hydrogen-bond acceptors (Lipinski definition) is 3. The minimum atomic E-state index is -3.96. The van der Waals surface area contributed by atoms with E-state index in [2.05, 4.69) is 16.5 Å². The highest BCUT2D eigenvalue weighted by molar-refractivity contribution is 8.09. The van der Waals surface area contributed by atoms with Gasteiger partial charge in [-0.1, -0.05) is 34.8 Å². The van der Waals surface area contributed by atoms with Gasteiger partial charge < -0.3 is 14.5 Å². The standard InChI is InChI=1S/C4H6Cl3O4PS/c1-2(8)11-3(4(5,6)7)12(9,10)13/h3H,1H3,(H2,9,10,13)/t3-/m1/s1. The molecule has 0 spiro atoms. The SMILES string of the molecule is CC(=O)O[C@@H](C(Cl)(Cl)Cl)P(O)(O)=S. The number of halogens is 3. The first-order chi connectivity index (χ1) is 5.55. The van der Waals surface area contributed by atoms with Crippen LogP contribution in [0.5, 0.6) is 0 Å². The molecule has 78 valence electrons. The van der Waals surface area contributed by atoms with E-state index in [4.69, 9.17) is 44.6 Å². The molecule has 0 amide bonds. The second-order valence-corrected chi connectivity index (χ2v) is 7.72. The van der Waals surface area contributed by atoms with Crippen molar-refractivity contribution in [3.63, 3.8) is 0 Å². The topological polar surface area (TPSA) is 66.8 Å². The van der Waals surface area contributed by atoms with Gasteiger partial charge in [0, 0.05) is 6.92 Å². The molecule has 1 atom stereocenters. The van der Waals surface area contributed by atoms with Gasteiger partial charge in [-0.2, -0.15) is 0 Å². The number of ether oxygens (including phenoxy) is 1. The first-order valence-electron chi connectivity index (χ1n) is 2.84. The molecule has 2 N–H and O–H groups in total. The highest BCUT2D eigenvalue weighted by Gasteiger charge is 2.44. The van der Waals surface area contributed by atoms with Crippen LogP contribution in [0.1, 0.15) is 6.92 Å². The predicted molar refractivity (Wildman–Crippen MR) is 54.6 cm³/mol. The summed E-state index contributed by atoms with van der Waals surface area (Å²) < 4.78 is 2.24. The van der Waals surface area contributed by atoms with Gasteiger partial charge in [0.05, 0.1) is 0 Å².